The van der Waals surface area contributed by atoms with Gasteiger partial charge in [0.05, 0.1) is 28.6 Å². The van der Waals surface area contributed by atoms with Gasteiger partial charge < -0.3 is 14.0 Å². The molecular weight excluding hydrogens is 896 g/mol. The average molecular weight is 946 g/mol. The van der Waals surface area contributed by atoms with Gasteiger partial charge in [0.2, 0.25) is 0 Å². The van der Waals surface area contributed by atoms with Crippen LogP contribution in [0.15, 0.2) is 114 Å². The van der Waals surface area contributed by atoms with Crippen molar-refractivity contribution < 1.29 is 33.0 Å². The zero-order valence-electron chi connectivity index (χ0n) is 37.0. The fraction of sp³-hybridized carbons (Fsp3) is 0.235. The summed E-state index contributed by atoms with van der Waals surface area (Å²) in [6, 6.07) is 35.7. The van der Waals surface area contributed by atoms with Crippen LogP contribution in [-0.4, -0.2) is 19.5 Å². The summed E-state index contributed by atoms with van der Waals surface area (Å²) in [7, 11) is 0. The molecule has 295 valence electrons. The molecule has 0 aliphatic heterocycles. The molecule has 0 saturated heterocycles. The van der Waals surface area contributed by atoms with Gasteiger partial charge in [0.1, 0.15) is 5.58 Å². The summed E-state index contributed by atoms with van der Waals surface area (Å²) in [6.07, 6.45) is 5.50. The van der Waals surface area contributed by atoms with Crippen molar-refractivity contribution in [3.8, 4) is 28.3 Å². The Labute approximate surface area is 358 Å². The number of halogens is 1. The number of fused-ring (bicyclic) bond motifs is 5. The van der Waals surface area contributed by atoms with Gasteiger partial charge in [-0.15, -0.1) is 42.0 Å². The van der Waals surface area contributed by atoms with Gasteiger partial charge in [-0.3, -0.25) is 14.4 Å². The van der Waals surface area contributed by atoms with Crippen molar-refractivity contribution in [2.24, 2.45) is 0 Å². The van der Waals surface area contributed by atoms with E-state index in [1.165, 1.54) is 28.3 Å². The number of imidazole rings is 1. The van der Waals surface area contributed by atoms with Gasteiger partial charge in [0.25, 0.3) is 0 Å². The molecule has 5 nitrogen and oxygen atoms in total. The fourth-order valence-electron chi connectivity index (χ4n) is 7.59. The second-order valence-corrected chi connectivity index (χ2v) is 16.4. The first-order valence-electron chi connectivity index (χ1n) is 20.9. The molecule has 0 fully saturated rings. The molecule has 58 heavy (non-hydrogen) atoms. The maximum atomic E-state index is 14.1. The summed E-state index contributed by atoms with van der Waals surface area (Å²) < 4.78 is 44.9. The van der Waals surface area contributed by atoms with Crippen LogP contribution >= 0.6 is 0 Å². The van der Waals surface area contributed by atoms with Crippen LogP contribution in [0.5, 0.6) is 0 Å². The number of para-hydroxylation sites is 1. The van der Waals surface area contributed by atoms with E-state index in [1.807, 2.05) is 24.5 Å². The molecule has 0 bridgehead atoms. The van der Waals surface area contributed by atoms with Crippen molar-refractivity contribution in [2.45, 2.75) is 79.5 Å². The van der Waals surface area contributed by atoms with E-state index in [0.29, 0.717) is 17.5 Å². The number of pyridine rings is 2. The van der Waals surface area contributed by atoms with Crippen molar-refractivity contribution in [2.75, 3.05) is 0 Å². The Morgan fingerprint density at radius 1 is 0.810 bits per heavy atom. The predicted octanol–water partition coefficient (Wildman–Crippen LogP) is 13.8. The minimum absolute atomic E-state index is 0. The molecule has 9 aromatic rings. The summed E-state index contributed by atoms with van der Waals surface area (Å²) in [5.41, 5.74) is 10.9. The van der Waals surface area contributed by atoms with Crippen LogP contribution in [0.25, 0.3) is 72.1 Å². The first kappa shape index (κ1) is 36.8. The van der Waals surface area contributed by atoms with Crippen molar-refractivity contribution in [1.29, 1.82) is 0 Å². The molecule has 0 aliphatic carbocycles. The quantitative estimate of drug-likeness (QED) is 0.161. The van der Waals surface area contributed by atoms with Crippen molar-refractivity contribution in [3.63, 3.8) is 0 Å². The molecule has 0 amide bonds. The standard InChI is InChI=1S/C35H30N3O.C16H17FN.Ir/c1-20(2)25-12-8-13-26(21(3)4)33(25)38-32-22(5)18-36-19-30(32)37-35(38)28-15-9-14-27-29-16-23-10-6-7-11-24(23)17-31(29)39-34(27)28;1-11-5-7-13(14(17)9-11)15-8-6-12(10-18-15)16(2,3)4;/h6-14,16-21H,1-5H3;5-6,8-10H,1-4H3;/q2*-1;/i;1D3;. The van der Waals surface area contributed by atoms with E-state index in [9.17, 15) is 4.39 Å². The van der Waals surface area contributed by atoms with Crippen LogP contribution in [0.3, 0.4) is 0 Å². The normalized spacial score (nSPS) is 12.8. The van der Waals surface area contributed by atoms with Gasteiger partial charge in [-0.05, 0) is 75.0 Å². The number of hydrogen-bond acceptors (Lipinski definition) is 4. The minimum Gasteiger partial charge on any atom is -0.501 e. The van der Waals surface area contributed by atoms with Crippen LogP contribution < -0.4 is 0 Å². The molecule has 5 aromatic carbocycles. The van der Waals surface area contributed by atoms with Gasteiger partial charge in [-0.1, -0.05) is 126 Å². The topological polar surface area (TPSA) is 56.7 Å². The second kappa shape index (κ2) is 16.0. The number of aromatic nitrogens is 4. The van der Waals surface area contributed by atoms with Gasteiger partial charge >= 0.3 is 0 Å². The Bertz CT molecular complexity index is 3020. The molecule has 0 aliphatic rings. The Kier molecular flexibility index (Phi) is 10.2. The van der Waals surface area contributed by atoms with E-state index >= 15 is 0 Å². The summed E-state index contributed by atoms with van der Waals surface area (Å²) in [6.45, 7) is 15.0. The molecule has 0 saturated carbocycles. The zero-order chi connectivity index (χ0) is 42.7. The summed E-state index contributed by atoms with van der Waals surface area (Å²) in [4.78, 5) is 13.9. The Hall–Kier alpha value is -5.49. The van der Waals surface area contributed by atoms with E-state index in [4.69, 9.17) is 13.5 Å². The zero-order valence-corrected chi connectivity index (χ0v) is 36.4. The Balaban J connectivity index is 0.000000217. The molecule has 0 N–H and O–H groups in total. The molecule has 4 heterocycles. The van der Waals surface area contributed by atoms with E-state index in [-0.39, 0.29) is 36.6 Å². The van der Waals surface area contributed by atoms with Gasteiger partial charge in [-0.2, -0.15) is 0 Å². The number of aryl methyl sites for hydroxylation is 2. The number of rotatable bonds is 5. The molecule has 9 rings (SSSR count). The first-order chi connectivity index (χ1) is 28.5. The van der Waals surface area contributed by atoms with Gasteiger partial charge in [0.15, 0.2) is 0 Å². The van der Waals surface area contributed by atoms with Crippen LogP contribution in [-0.2, 0) is 25.5 Å². The Morgan fingerprint density at radius 2 is 1.53 bits per heavy atom. The molecule has 7 heteroatoms. The molecule has 1 radical (unpaired) electrons. The third-order valence-electron chi connectivity index (χ3n) is 10.6. The summed E-state index contributed by atoms with van der Waals surface area (Å²) in [5, 5.41) is 4.53. The average Bonchev–Trinajstić information content (AvgIpc) is 3.78. The van der Waals surface area contributed by atoms with Crippen molar-refractivity contribution in [1.82, 2.24) is 19.5 Å². The summed E-state index contributed by atoms with van der Waals surface area (Å²) in [5.74, 6) is 0.874. The largest absolute Gasteiger partial charge is 0.501 e. The van der Waals surface area contributed by atoms with E-state index < -0.39 is 12.7 Å². The second-order valence-electron chi connectivity index (χ2n) is 16.4. The minimum atomic E-state index is -2.33. The number of hydrogen-bond donors (Lipinski definition) is 0. The van der Waals surface area contributed by atoms with Gasteiger partial charge in [-0.25, -0.2) is 0 Å². The van der Waals surface area contributed by atoms with E-state index in [1.54, 1.807) is 12.3 Å². The Morgan fingerprint density at radius 3 is 2.17 bits per heavy atom. The number of benzene rings is 5. The van der Waals surface area contributed by atoms with Gasteiger partial charge in [0, 0.05) is 53.5 Å². The molecule has 0 atom stereocenters. The van der Waals surface area contributed by atoms with E-state index in [0.717, 1.165) is 66.9 Å². The molecule has 0 spiro atoms. The van der Waals surface area contributed by atoms with Crippen LogP contribution in [0.2, 0.25) is 0 Å². The first-order valence-corrected chi connectivity index (χ1v) is 19.4. The third-order valence-corrected chi connectivity index (χ3v) is 10.6. The maximum absolute atomic E-state index is 14.1. The monoisotopic (exact) mass is 946 g/mol. The van der Waals surface area contributed by atoms with Crippen LogP contribution in [0.4, 0.5) is 4.39 Å². The van der Waals surface area contributed by atoms with Crippen LogP contribution in [0, 0.1) is 31.7 Å². The van der Waals surface area contributed by atoms with Crippen molar-refractivity contribution in [3.05, 3.63) is 155 Å². The molecule has 4 aromatic heterocycles. The fourth-order valence-corrected chi connectivity index (χ4v) is 7.59. The smallest absolute Gasteiger partial charge is 0.121 e. The SMILES string of the molecule is Cc1cncc2nc(-c3[c-]ccc4c3oc3cc5ccccc5cc34)n(-c3c(C(C)C)cccc3C(C)C)c12.[2H]C([2H])([2H])c1c[c-]c(-c2ccc(C(C)(C)C)cn2)c(F)c1.[Ir]. The van der Waals surface area contributed by atoms with Crippen LogP contribution in [0.1, 0.15) is 92.2 Å². The predicted molar refractivity (Wildman–Crippen MR) is 233 cm³/mol. The van der Waals surface area contributed by atoms with E-state index in [2.05, 4.69) is 143 Å². The molecule has 0 unspecified atom stereocenters. The maximum Gasteiger partial charge on any atom is 0.121 e. The molecular formula is C51H47FIrN4O-2. The number of nitrogens with zero attached hydrogens (tertiary/aromatic N) is 4. The van der Waals surface area contributed by atoms with Crippen molar-refractivity contribution >= 4 is 43.7 Å². The summed E-state index contributed by atoms with van der Waals surface area (Å²) >= 11 is 0. The number of furan rings is 1. The third kappa shape index (κ3) is 7.50.